The van der Waals surface area contributed by atoms with Gasteiger partial charge < -0.3 is 4.90 Å². The van der Waals surface area contributed by atoms with Gasteiger partial charge in [-0.05, 0) is 24.5 Å². The molecule has 23 heavy (non-hydrogen) atoms. The van der Waals surface area contributed by atoms with Crippen molar-refractivity contribution in [3.05, 3.63) is 35.6 Å². The van der Waals surface area contributed by atoms with Crippen LogP contribution in [-0.4, -0.2) is 37.6 Å². The predicted molar refractivity (Wildman–Crippen MR) is 84.6 cm³/mol. The summed E-state index contributed by atoms with van der Waals surface area (Å²) in [7, 11) is -3.73. The Bertz CT molecular complexity index is 714. The van der Waals surface area contributed by atoms with E-state index < -0.39 is 20.7 Å². The fourth-order valence-electron chi connectivity index (χ4n) is 3.93. The van der Waals surface area contributed by atoms with Crippen molar-refractivity contribution in [1.29, 1.82) is 0 Å². The van der Waals surface area contributed by atoms with Gasteiger partial charge in [0.15, 0.2) is 0 Å². The molecule has 0 aromatic heterocycles. The van der Waals surface area contributed by atoms with Gasteiger partial charge in [-0.15, -0.1) is 0 Å². The van der Waals surface area contributed by atoms with E-state index in [4.69, 9.17) is 5.14 Å². The number of likely N-dealkylation sites (tertiary alicyclic amines) is 1. The molecule has 1 saturated carbocycles. The number of rotatable bonds is 4. The van der Waals surface area contributed by atoms with Gasteiger partial charge in [-0.25, -0.2) is 17.9 Å². The van der Waals surface area contributed by atoms with E-state index in [1.807, 2.05) is 0 Å². The van der Waals surface area contributed by atoms with Gasteiger partial charge in [-0.2, -0.15) is 0 Å². The third-order valence-corrected chi connectivity index (χ3v) is 6.39. The summed E-state index contributed by atoms with van der Waals surface area (Å²) in [4.78, 5) is 13.7. The Morgan fingerprint density at radius 2 is 1.91 bits per heavy atom. The first kappa shape index (κ1) is 16.4. The maximum atomic E-state index is 14.3. The minimum Gasteiger partial charge on any atom is -0.340 e. The predicted octanol–water partition coefficient (Wildman–Crippen LogP) is 1.53. The second-order valence-corrected chi connectivity index (χ2v) is 8.50. The Kier molecular flexibility index (Phi) is 4.18. The molecule has 0 spiro atoms. The number of amides is 1. The molecule has 1 aliphatic heterocycles. The van der Waals surface area contributed by atoms with Crippen molar-refractivity contribution in [3.8, 4) is 0 Å². The topological polar surface area (TPSA) is 80.5 Å². The number of sulfonamides is 1. The highest BCUT2D eigenvalue weighted by Crippen LogP contribution is 2.43. The van der Waals surface area contributed by atoms with E-state index in [-0.39, 0.29) is 24.7 Å². The molecule has 1 heterocycles. The third kappa shape index (κ3) is 3.12. The molecule has 2 N–H and O–H groups in total. The zero-order chi connectivity index (χ0) is 16.7. The SMILES string of the molecule is NS(=O)(=O)C1CC(=O)N(CC2(c3ccccc3F)CCCC2)C1. The number of hydrogen-bond donors (Lipinski definition) is 1. The van der Waals surface area contributed by atoms with Crippen LogP contribution in [0.2, 0.25) is 0 Å². The fraction of sp³-hybridized carbons (Fsp3) is 0.562. The summed E-state index contributed by atoms with van der Waals surface area (Å²) in [6, 6.07) is 6.67. The van der Waals surface area contributed by atoms with E-state index >= 15 is 0 Å². The first-order valence-corrected chi connectivity index (χ1v) is 9.47. The summed E-state index contributed by atoms with van der Waals surface area (Å²) in [5.41, 5.74) is 0.207. The summed E-state index contributed by atoms with van der Waals surface area (Å²) >= 11 is 0. The molecule has 1 saturated heterocycles. The van der Waals surface area contributed by atoms with Crippen LogP contribution >= 0.6 is 0 Å². The second kappa shape index (κ2) is 5.87. The van der Waals surface area contributed by atoms with Crippen molar-refractivity contribution in [2.45, 2.75) is 42.8 Å². The minimum absolute atomic E-state index is 0.0772. The van der Waals surface area contributed by atoms with Gasteiger partial charge in [0.25, 0.3) is 0 Å². The molecule has 1 aliphatic carbocycles. The lowest BCUT2D eigenvalue weighted by Gasteiger charge is -2.34. The molecule has 1 aromatic rings. The van der Waals surface area contributed by atoms with Crippen LogP contribution in [0, 0.1) is 5.82 Å². The number of primary sulfonamides is 1. The molecule has 0 bridgehead atoms. The highest BCUT2D eigenvalue weighted by molar-refractivity contribution is 7.89. The Labute approximate surface area is 135 Å². The Balaban J connectivity index is 1.87. The average Bonchev–Trinajstić information content (AvgIpc) is 3.08. The molecule has 2 aliphatic rings. The first-order valence-electron chi connectivity index (χ1n) is 7.86. The summed E-state index contributed by atoms with van der Waals surface area (Å²) in [6.45, 7) is 0.465. The van der Waals surface area contributed by atoms with Gasteiger partial charge in [0, 0.05) is 24.9 Å². The first-order chi connectivity index (χ1) is 10.8. The molecule has 126 valence electrons. The van der Waals surface area contributed by atoms with Crippen molar-refractivity contribution >= 4 is 15.9 Å². The maximum absolute atomic E-state index is 14.3. The number of nitrogens with two attached hydrogens (primary N) is 1. The molecule has 5 nitrogen and oxygen atoms in total. The van der Waals surface area contributed by atoms with Crippen molar-refractivity contribution in [3.63, 3.8) is 0 Å². The van der Waals surface area contributed by atoms with E-state index in [0.29, 0.717) is 12.1 Å². The average molecular weight is 340 g/mol. The van der Waals surface area contributed by atoms with E-state index in [0.717, 1.165) is 25.7 Å². The lowest BCUT2D eigenvalue weighted by molar-refractivity contribution is -0.128. The van der Waals surface area contributed by atoms with Crippen LogP contribution in [-0.2, 0) is 20.2 Å². The molecular weight excluding hydrogens is 319 g/mol. The number of carbonyl (C=O) groups excluding carboxylic acids is 1. The molecule has 1 aromatic carbocycles. The van der Waals surface area contributed by atoms with Crippen LogP contribution in [0.25, 0.3) is 0 Å². The van der Waals surface area contributed by atoms with Crippen LogP contribution in [0.1, 0.15) is 37.7 Å². The number of hydrogen-bond acceptors (Lipinski definition) is 3. The highest BCUT2D eigenvalue weighted by Gasteiger charge is 2.44. The van der Waals surface area contributed by atoms with Crippen LogP contribution in [0.3, 0.4) is 0 Å². The Morgan fingerprint density at radius 1 is 1.26 bits per heavy atom. The van der Waals surface area contributed by atoms with Crippen molar-refractivity contribution in [2.75, 3.05) is 13.1 Å². The summed E-state index contributed by atoms with van der Waals surface area (Å²) in [6.07, 6.45) is 3.49. The number of carbonyl (C=O) groups is 1. The van der Waals surface area contributed by atoms with Gasteiger partial charge in [0.05, 0.1) is 0 Å². The zero-order valence-corrected chi connectivity index (χ0v) is 13.7. The van der Waals surface area contributed by atoms with Crippen molar-refractivity contribution < 1.29 is 17.6 Å². The van der Waals surface area contributed by atoms with Crippen molar-refractivity contribution in [1.82, 2.24) is 4.90 Å². The van der Waals surface area contributed by atoms with E-state index in [1.54, 1.807) is 23.1 Å². The Morgan fingerprint density at radius 3 is 2.48 bits per heavy atom. The molecular formula is C16H21FN2O3S. The summed E-state index contributed by atoms with van der Waals surface area (Å²) < 4.78 is 37.3. The van der Waals surface area contributed by atoms with E-state index in [1.165, 1.54) is 6.07 Å². The van der Waals surface area contributed by atoms with Crippen LogP contribution in [0.5, 0.6) is 0 Å². The standard InChI is InChI=1S/C16H21FN2O3S/c17-14-6-2-1-5-13(14)16(7-3-4-8-16)11-19-10-12(9-15(19)20)23(18,21)22/h1-2,5-6,12H,3-4,7-11H2,(H2,18,21,22). The molecule has 1 amide bonds. The van der Waals surface area contributed by atoms with Gasteiger partial charge in [0.1, 0.15) is 11.1 Å². The second-order valence-electron chi connectivity index (χ2n) is 6.66. The molecule has 2 fully saturated rings. The zero-order valence-electron chi connectivity index (χ0n) is 12.9. The van der Waals surface area contributed by atoms with E-state index in [2.05, 4.69) is 0 Å². The fourth-order valence-corrected chi connectivity index (χ4v) is 4.69. The Hall–Kier alpha value is -1.47. The third-order valence-electron chi connectivity index (χ3n) is 5.14. The number of nitrogens with zero attached hydrogens (tertiary/aromatic N) is 1. The monoisotopic (exact) mass is 340 g/mol. The molecule has 7 heteroatoms. The van der Waals surface area contributed by atoms with Gasteiger partial charge >= 0.3 is 0 Å². The van der Waals surface area contributed by atoms with Crippen LogP contribution in [0.15, 0.2) is 24.3 Å². The maximum Gasteiger partial charge on any atom is 0.224 e. The quantitative estimate of drug-likeness (QED) is 0.902. The largest absolute Gasteiger partial charge is 0.340 e. The summed E-state index contributed by atoms with van der Waals surface area (Å²) in [5, 5.41) is 4.32. The highest BCUT2D eigenvalue weighted by atomic mass is 32.2. The normalized spacial score (nSPS) is 24.3. The molecule has 3 rings (SSSR count). The van der Waals surface area contributed by atoms with E-state index in [9.17, 15) is 17.6 Å². The van der Waals surface area contributed by atoms with Crippen molar-refractivity contribution in [2.24, 2.45) is 5.14 Å². The smallest absolute Gasteiger partial charge is 0.224 e. The molecule has 0 radical (unpaired) electrons. The number of halogens is 1. The van der Waals surface area contributed by atoms with Crippen LogP contribution < -0.4 is 5.14 Å². The lowest BCUT2D eigenvalue weighted by Crippen LogP contribution is -2.41. The van der Waals surface area contributed by atoms with Gasteiger partial charge in [-0.1, -0.05) is 31.0 Å². The molecule has 1 unspecified atom stereocenters. The number of benzene rings is 1. The van der Waals surface area contributed by atoms with Gasteiger partial charge in [0.2, 0.25) is 15.9 Å². The van der Waals surface area contributed by atoms with Gasteiger partial charge in [-0.3, -0.25) is 4.79 Å². The molecule has 1 atom stereocenters. The lowest BCUT2D eigenvalue weighted by atomic mass is 9.78. The van der Waals surface area contributed by atoms with Crippen LogP contribution in [0.4, 0.5) is 4.39 Å². The summed E-state index contributed by atoms with van der Waals surface area (Å²) in [5.74, 6) is -0.476. The minimum atomic E-state index is -3.73.